The Morgan fingerprint density at radius 1 is 1.11 bits per heavy atom. The Morgan fingerprint density at radius 3 is 2.78 bits per heavy atom. The maximum atomic E-state index is 6.08. The van der Waals surface area contributed by atoms with Crippen LogP contribution in [-0.4, -0.2) is 11.0 Å². The van der Waals surface area contributed by atoms with E-state index in [1.165, 1.54) is 32.1 Å². The maximum Gasteiger partial charge on any atom is 0.0723 e. The standard InChI is InChI=1S/C15H17ClN2/c16-11-6-7-14-13(10-11)15(8-9-17-14)18-12-4-2-1-3-5-12/h6-10,12H,1-5H2,(H,17,18). The fourth-order valence-corrected chi connectivity index (χ4v) is 2.88. The van der Waals surface area contributed by atoms with Crippen LogP contribution in [0.4, 0.5) is 5.69 Å². The maximum absolute atomic E-state index is 6.08. The number of hydrogen-bond acceptors (Lipinski definition) is 2. The van der Waals surface area contributed by atoms with Gasteiger partial charge in [-0.1, -0.05) is 30.9 Å². The van der Waals surface area contributed by atoms with E-state index in [2.05, 4.69) is 10.3 Å². The van der Waals surface area contributed by atoms with Crippen LogP contribution in [0.1, 0.15) is 32.1 Å². The van der Waals surface area contributed by atoms with Gasteiger partial charge in [0, 0.05) is 28.3 Å². The van der Waals surface area contributed by atoms with Gasteiger partial charge in [-0.3, -0.25) is 4.98 Å². The number of nitrogens with zero attached hydrogens (tertiary/aromatic N) is 1. The van der Waals surface area contributed by atoms with Gasteiger partial charge >= 0.3 is 0 Å². The van der Waals surface area contributed by atoms with E-state index in [1.807, 2.05) is 30.5 Å². The zero-order valence-electron chi connectivity index (χ0n) is 10.3. The van der Waals surface area contributed by atoms with Crippen molar-refractivity contribution >= 4 is 28.2 Å². The fraction of sp³-hybridized carbons (Fsp3) is 0.400. The summed E-state index contributed by atoms with van der Waals surface area (Å²) >= 11 is 6.08. The molecule has 0 radical (unpaired) electrons. The number of aromatic nitrogens is 1. The van der Waals surface area contributed by atoms with E-state index in [4.69, 9.17) is 11.6 Å². The van der Waals surface area contributed by atoms with Crippen molar-refractivity contribution in [3.63, 3.8) is 0 Å². The Bertz CT molecular complexity index is 547. The van der Waals surface area contributed by atoms with E-state index in [-0.39, 0.29) is 0 Å². The molecular formula is C15H17ClN2. The molecular weight excluding hydrogens is 244 g/mol. The normalized spacial score (nSPS) is 16.9. The predicted octanol–water partition coefficient (Wildman–Crippen LogP) is 4.63. The third-order valence-electron chi connectivity index (χ3n) is 3.67. The lowest BCUT2D eigenvalue weighted by molar-refractivity contribution is 0.463. The molecule has 1 aliphatic rings. The van der Waals surface area contributed by atoms with Crippen molar-refractivity contribution in [2.24, 2.45) is 0 Å². The number of nitrogens with one attached hydrogen (secondary N) is 1. The molecule has 2 aromatic rings. The van der Waals surface area contributed by atoms with E-state index in [9.17, 15) is 0 Å². The third-order valence-corrected chi connectivity index (χ3v) is 3.90. The number of pyridine rings is 1. The molecule has 0 unspecified atom stereocenters. The molecule has 0 saturated heterocycles. The monoisotopic (exact) mass is 260 g/mol. The number of benzene rings is 1. The average Bonchev–Trinajstić information content (AvgIpc) is 2.41. The van der Waals surface area contributed by atoms with Gasteiger partial charge in [-0.25, -0.2) is 0 Å². The Balaban J connectivity index is 1.92. The molecule has 0 atom stereocenters. The van der Waals surface area contributed by atoms with E-state index in [1.54, 1.807) is 0 Å². The molecule has 18 heavy (non-hydrogen) atoms. The Morgan fingerprint density at radius 2 is 1.94 bits per heavy atom. The molecule has 1 aromatic heterocycles. The lowest BCUT2D eigenvalue weighted by Crippen LogP contribution is -2.22. The average molecular weight is 261 g/mol. The Hall–Kier alpha value is -1.28. The van der Waals surface area contributed by atoms with Gasteiger partial charge in [0.15, 0.2) is 0 Å². The molecule has 0 bridgehead atoms. The van der Waals surface area contributed by atoms with E-state index < -0.39 is 0 Å². The van der Waals surface area contributed by atoms with Gasteiger partial charge in [0.05, 0.1) is 5.52 Å². The molecule has 1 fully saturated rings. The number of rotatable bonds is 2. The second-order valence-corrected chi connectivity index (χ2v) is 5.44. The smallest absolute Gasteiger partial charge is 0.0723 e. The van der Waals surface area contributed by atoms with Crippen LogP contribution in [0.15, 0.2) is 30.5 Å². The van der Waals surface area contributed by atoms with Crippen molar-refractivity contribution in [3.8, 4) is 0 Å². The first-order chi connectivity index (χ1) is 8.83. The van der Waals surface area contributed by atoms with Crippen LogP contribution in [0.25, 0.3) is 10.9 Å². The highest BCUT2D eigenvalue weighted by atomic mass is 35.5. The second kappa shape index (κ2) is 5.15. The number of hydrogen-bond donors (Lipinski definition) is 1. The van der Waals surface area contributed by atoms with E-state index >= 15 is 0 Å². The van der Waals surface area contributed by atoms with Crippen molar-refractivity contribution < 1.29 is 0 Å². The summed E-state index contributed by atoms with van der Waals surface area (Å²) in [5.74, 6) is 0. The molecule has 1 saturated carbocycles. The van der Waals surface area contributed by atoms with E-state index in [0.717, 1.165) is 21.6 Å². The first-order valence-corrected chi connectivity index (χ1v) is 7.01. The summed E-state index contributed by atoms with van der Waals surface area (Å²) in [6, 6.07) is 8.51. The van der Waals surface area contributed by atoms with Crippen LogP contribution in [0.3, 0.4) is 0 Å². The SMILES string of the molecule is Clc1ccc2nccc(NC3CCCCC3)c2c1. The highest BCUT2D eigenvalue weighted by molar-refractivity contribution is 6.31. The van der Waals surface area contributed by atoms with Crippen LogP contribution in [0.5, 0.6) is 0 Å². The Kier molecular flexibility index (Phi) is 3.37. The molecule has 1 aliphatic carbocycles. The number of fused-ring (bicyclic) bond motifs is 1. The van der Waals surface area contributed by atoms with Gasteiger partial charge in [0.2, 0.25) is 0 Å². The minimum atomic E-state index is 0.600. The van der Waals surface area contributed by atoms with Crippen LogP contribution < -0.4 is 5.32 Å². The van der Waals surface area contributed by atoms with Gasteiger partial charge in [0.1, 0.15) is 0 Å². The van der Waals surface area contributed by atoms with Crippen LogP contribution in [-0.2, 0) is 0 Å². The summed E-state index contributed by atoms with van der Waals surface area (Å²) in [4.78, 5) is 4.38. The molecule has 0 aliphatic heterocycles. The number of halogens is 1. The molecule has 1 aromatic carbocycles. The third kappa shape index (κ3) is 2.44. The topological polar surface area (TPSA) is 24.9 Å². The molecule has 2 nitrogen and oxygen atoms in total. The highest BCUT2D eigenvalue weighted by Crippen LogP contribution is 2.28. The zero-order chi connectivity index (χ0) is 12.4. The highest BCUT2D eigenvalue weighted by Gasteiger charge is 2.14. The fourth-order valence-electron chi connectivity index (χ4n) is 2.71. The lowest BCUT2D eigenvalue weighted by Gasteiger charge is -2.24. The van der Waals surface area contributed by atoms with E-state index in [0.29, 0.717) is 6.04 Å². The van der Waals surface area contributed by atoms with Gasteiger partial charge in [-0.2, -0.15) is 0 Å². The van der Waals surface area contributed by atoms with Gasteiger partial charge in [-0.15, -0.1) is 0 Å². The van der Waals surface area contributed by atoms with Crippen molar-refractivity contribution in [2.45, 2.75) is 38.1 Å². The second-order valence-electron chi connectivity index (χ2n) is 5.00. The van der Waals surface area contributed by atoms with Crippen molar-refractivity contribution in [3.05, 3.63) is 35.5 Å². The minimum absolute atomic E-state index is 0.600. The van der Waals surface area contributed by atoms with Gasteiger partial charge in [0.25, 0.3) is 0 Å². The molecule has 94 valence electrons. The largest absolute Gasteiger partial charge is 0.382 e. The molecule has 3 heteroatoms. The summed E-state index contributed by atoms with van der Waals surface area (Å²) in [6.45, 7) is 0. The molecule has 3 rings (SSSR count). The summed E-state index contributed by atoms with van der Waals surface area (Å²) in [6.07, 6.45) is 8.44. The summed E-state index contributed by atoms with van der Waals surface area (Å²) in [5, 5.41) is 5.54. The quantitative estimate of drug-likeness (QED) is 0.851. The van der Waals surface area contributed by atoms with Gasteiger partial charge < -0.3 is 5.32 Å². The van der Waals surface area contributed by atoms with Crippen molar-refractivity contribution in [1.82, 2.24) is 4.98 Å². The molecule has 1 N–H and O–H groups in total. The van der Waals surface area contributed by atoms with Crippen molar-refractivity contribution in [2.75, 3.05) is 5.32 Å². The van der Waals surface area contributed by atoms with Gasteiger partial charge in [-0.05, 0) is 37.1 Å². The minimum Gasteiger partial charge on any atom is -0.382 e. The molecule has 1 heterocycles. The number of anilines is 1. The first kappa shape index (κ1) is 11.8. The van der Waals surface area contributed by atoms with Crippen LogP contribution in [0.2, 0.25) is 5.02 Å². The summed E-state index contributed by atoms with van der Waals surface area (Å²) in [7, 11) is 0. The Labute approximate surface area is 112 Å². The first-order valence-electron chi connectivity index (χ1n) is 6.64. The summed E-state index contributed by atoms with van der Waals surface area (Å²) in [5.41, 5.74) is 2.16. The predicted molar refractivity (Wildman–Crippen MR) is 77.2 cm³/mol. The lowest BCUT2D eigenvalue weighted by atomic mass is 9.95. The van der Waals surface area contributed by atoms with Crippen molar-refractivity contribution in [1.29, 1.82) is 0 Å². The van der Waals surface area contributed by atoms with Crippen LogP contribution >= 0.6 is 11.6 Å². The molecule has 0 amide bonds. The zero-order valence-corrected chi connectivity index (χ0v) is 11.1. The molecule has 0 spiro atoms. The van der Waals surface area contributed by atoms with Crippen LogP contribution in [0, 0.1) is 0 Å². The summed E-state index contributed by atoms with van der Waals surface area (Å²) < 4.78 is 0.